The van der Waals surface area contributed by atoms with E-state index in [0.29, 0.717) is 29.8 Å². The van der Waals surface area contributed by atoms with Crippen LogP contribution in [0.3, 0.4) is 0 Å². The predicted octanol–water partition coefficient (Wildman–Crippen LogP) is 3.50. The van der Waals surface area contributed by atoms with Crippen LogP contribution >= 0.6 is 0 Å². The monoisotopic (exact) mass is 357 g/mol. The molecule has 3 rings (SSSR count). The second kappa shape index (κ2) is 7.39. The largest absolute Gasteiger partial charge is 0.336 e. The first-order chi connectivity index (χ1) is 12.3. The molecule has 4 unspecified atom stereocenters. The zero-order valence-corrected chi connectivity index (χ0v) is 16.3. The molecule has 0 saturated heterocycles. The number of hydrogen-bond acceptors (Lipinski definition) is 3. The molecule has 0 aliphatic heterocycles. The Bertz CT molecular complexity index is 847. The molecule has 0 spiro atoms. The lowest BCUT2D eigenvalue weighted by Crippen LogP contribution is -2.41. The molecule has 1 fully saturated rings. The van der Waals surface area contributed by atoms with Gasteiger partial charge in [0.1, 0.15) is 0 Å². The van der Waals surface area contributed by atoms with Gasteiger partial charge in [0.05, 0.1) is 11.0 Å². The van der Waals surface area contributed by atoms with Gasteiger partial charge >= 0.3 is 5.69 Å². The molecule has 5 heteroatoms. The third kappa shape index (κ3) is 3.37. The molecule has 1 aromatic heterocycles. The third-order valence-electron chi connectivity index (χ3n) is 5.87. The van der Waals surface area contributed by atoms with Crippen LogP contribution in [-0.2, 0) is 6.54 Å². The van der Waals surface area contributed by atoms with Gasteiger partial charge in [-0.05, 0) is 49.7 Å². The molecule has 142 valence electrons. The SMILES string of the molecule is CC(N)Cn1c(=O)n(C(=O)C2CC(C)CCC2C(C)C)c2ccccc21. The Labute approximate surface area is 155 Å². The van der Waals surface area contributed by atoms with Crippen molar-refractivity contribution in [2.45, 2.75) is 59.5 Å². The van der Waals surface area contributed by atoms with Gasteiger partial charge in [-0.2, -0.15) is 0 Å². The average molecular weight is 357 g/mol. The fraction of sp³-hybridized carbons (Fsp3) is 0.619. The predicted molar refractivity (Wildman–Crippen MR) is 105 cm³/mol. The number of nitrogens with zero attached hydrogens (tertiary/aromatic N) is 2. The molecule has 0 amide bonds. The Hall–Kier alpha value is -1.88. The minimum absolute atomic E-state index is 0.0418. The van der Waals surface area contributed by atoms with Gasteiger partial charge in [0, 0.05) is 18.5 Å². The van der Waals surface area contributed by atoms with Gasteiger partial charge in [0.15, 0.2) is 0 Å². The second-order valence-corrected chi connectivity index (χ2v) is 8.47. The van der Waals surface area contributed by atoms with Crippen LogP contribution in [0.15, 0.2) is 29.1 Å². The standard InChI is InChI=1S/C21H31N3O2/c1-13(2)16-10-9-14(3)11-17(16)20(25)24-19-8-6-5-7-18(19)23(21(24)26)12-15(4)22/h5-8,13-17H,9-12,22H2,1-4H3. The molecule has 1 aromatic carbocycles. The summed E-state index contributed by atoms with van der Waals surface area (Å²) < 4.78 is 3.06. The first-order valence-corrected chi connectivity index (χ1v) is 9.81. The van der Waals surface area contributed by atoms with Crippen molar-refractivity contribution in [1.82, 2.24) is 9.13 Å². The van der Waals surface area contributed by atoms with Crippen molar-refractivity contribution >= 4 is 16.9 Å². The van der Waals surface area contributed by atoms with E-state index in [1.807, 2.05) is 31.2 Å². The lowest BCUT2D eigenvalue weighted by Gasteiger charge is -2.36. The molecule has 1 aliphatic rings. The molecule has 1 saturated carbocycles. The molecule has 2 N–H and O–H groups in total. The fourth-order valence-corrected chi connectivity index (χ4v) is 4.54. The first-order valence-electron chi connectivity index (χ1n) is 9.81. The van der Waals surface area contributed by atoms with Gasteiger partial charge < -0.3 is 5.73 Å². The second-order valence-electron chi connectivity index (χ2n) is 8.47. The Morgan fingerprint density at radius 2 is 1.85 bits per heavy atom. The molecule has 26 heavy (non-hydrogen) atoms. The summed E-state index contributed by atoms with van der Waals surface area (Å²) in [6.45, 7) is 8.86. The van der Waals surface area contributed by atoms with Gasteiger partial charge in [0.2, 0.25) is 5.91 Å². The van der Waals surface area contributed by atoms with E-state index in [1.165, 1.54) is 4.57 Å². The molecule has 1 heterocycles. The van der Waals surface area contributed by atoms with Gasteiger partial charge in [-0.1, -0.05) is 39.3 Å². The minimum atomic E-state index is -0.255. The topological polar surface area (TPSA) is 70.0 Å². The molecule has 0 bridgehead atoms. The fourth-order valence-electron chi connectivity index (χ4n) is 4.54. The number of carbonyl (C=O) groups excluding carboxylic acids is 1. The van der Waals surface area contributed by atoms with E-state index in [9.17, 15) is 9.59 Å². The van der Waals surface area contributed by atoms with Crippen LogP contribution in [0, 0.1) is 23.7 Å². The smallest absolute Gasteiger partial charge is 0.326 e. The van der Waals surface area contributed by atoms with E-state index in [2.05, 4.69) is 20.8 Å². The highest BCUT2D eigenvalue weighted by molar-refractivity contribution is 5.92. The van der Waals surface area contributed by atoms with Gasteiger partial charge in [0.25, 0.3) is 0 Å². The zero-order valence-electron chi connectivity index (χ0n) is 16.3. The van der Waals surface area contributed by atoms with E-state index in [4.69, 9.17) is 5.73 Å². The Morgan fingerprint density at radius 1 is 1.19 bits per heavy atom. The number of imidazole rings is 1. The highest BCUT2D eigenvalue weighted by Crippen LogP contribution is 2.39. The van der Waals surface area contributed by atoms with E-state index in [-0.39, 0.29) is 23.6 Å². The van der Waals surface area contributed by atoms with Gasteiger partial charge in [-0.25, -0.2) is 9.36 Å². The van der Waals surface area contributed by atoms with Crippen LogP contribution < -0.4 is 11.4 Å². The number of rotatable bonds is 4. The summed E-state index contributed by atoms with van der Waals surface area (Å²) in [6, 6.07) is 7.38. The van der Waals surface area contributed by atoms with Crippen molar-refractivity contribution < 1.29 is 4.79 Å². The van der Waals surface area contributed by atoms with E-state index < -0.39 is 0 Å². The zero-order chi connectivity index (χ0) is 19.0. The van der Waals surface area contributed by atoms with Crippen molar-refractivity contribution in [3.8, 4) is 0 Å². The van der Waals surface area contributed by atoms with Crippen LogP contribution in [-0.4, -0.2) is 21.1 Å². The summed E-state index contributed by atoms with van der Waals surface area (Å²) in [4.78, 5) is 26.6. The summed E-state index contributed by atoms with van der Waals surface area (Å²) in [5.74, 6) is 1.16. The molecule has 1 aliphatic carbocycles. The maximum Gasteiger partial charge on any atom is 0.336 e. The molecule has 2 aromatic rings. The van der Waals surface area contributed by atoms with Crippen LogP contribution in [0.5, 0.6) is 0 Å². The van der Waals surface area contributed by atoms with Crippen molar-refractivity contribution in [2.24, 2.45) is 29.4 Å². The lowest BCUT2D eigenvalue weighted by atomic mass is 9.69. The lowest BCUT2D eigenvalue weighted by molar-refractivity contribution is 0.0633. The van der Waals surface area contributed by atoms with Gasteiger partial charge in [-0.15, -0.1) is 0 Å². The summed E-state index contributed by atoms with van der Waals surface area (Å²) >= 11 is 0. The number of fused-ring (bicyclic) bond motifs is 1. The molecule has 5 nitrogen and oxygen atoms in total. The minimum Gasteiger partial charge on any atom is -0.326 e. The molecule has 4 atom stereocenters. The van der Waals surface area contributed by atoms with Crippen molar-refractivity contribution in [1.29, 1.82) is 0 Å². The normalized spacial score (nSPS) is 24.9. The number of para-hydroxylation sites is 2. The summed E-state index contributed by atoms with van der Waals surface area (Å²) in [5, 5.41) is 0. The van der Waals surface area contributed by atoms with Crippen LogP contribution in [0.1, 0.15) is 51.8 Å². The molecule has 0 radical (unpaired) electrons. The highest BCUT2D eigenvalue weighted by atomic mass is 16.2. The number of carbonyl (C=O) groups is 1. The van der Waals surface area contributed by atoms with E-state index in [0.717, 1.165) is 24.8 Å². The van der Waals surface area contributed by atoms with Crippen molar-refractivity contribution in [2.75, 3.05) is 0 Å². The van der Waals surface area contributed by atoms with Crippen LogP contribution in [0.2, 0.25) is 0 Å². The average Bonchev–Trinajstić information content (AvgIpc) is 2.85. The van der Waals surface area contributed by atoms with Crippen LogP contribution in [0.4, 0.5) is 0 Å². The Kier molecular flexibility index (Phi) is 5.37. The first kappa shape index (κ1) is 18.9. The molecular weight excluding hydrogens is 326 g/mol. The Morgan fingerprint density at radius 3 is 2.46 bits per heavy atom. The van der Waals surface area contributed by atoms with Crippen molar-refractivity contribution in [3.05, 3.63) is 34.7 Å². The highest BCUT2D eigenvalue weighted by Gasteiger charge is 2.37. The van der Waals surface area contributed by atoms with E-state index >= 15 is 0 Å². The quantitative estimate of drug-likeness (QED) is 0.910. The number of hydrogen-bond donors (Lipinski definition) is 1. The number of nitrogens with two attached hydrogens (primary N) is 1. The molecular formula is C21H31N3O2. The summed E-state index contributed by atoms with van der Waals surface area (Å²) in [7, 11) is 0. The maximum absolute atomic E-state index is 13.5. The Balaban J connectivity index is 2.10. The van der Waals surface area contributed by atoms with Crippen LogP contribution in [0.25, 0.3) is 11.0 Å². The van der Waals surface area contributed by atoms with Gasteiger partial charge in [-0.3, -0.25) is 9.36 Å². The maximum atomic E-state index is 13.5. The van der Waals surface area contributed by atoms with Crippen molar-refractivity contribution in [3.63, 3.8) is 0 Å². The number of benzene rings is 1. The summed E-state index contributed by atoms with van der Waals surface area (Å²) in [6.07, 6.45) is 3.08. The number of aromatic nitrogens is 2. The summed E-state index contributed by atoms with van der Waals surface area (Å²) in [5.41, 5.74) is 7.17. The van der Waals surface area contributed by atoms with E-state index in [1.54, 1.807) is 4.57 Å². The third-order valence-corrected chi connectivity index (χ3v) is 5.87.